The second kappa shape index (κ2) is 6.68. The number of nitrogens with one attached hydrogen (secondary N) is 1. The molecule has 1 aromatic heterocycles. The summed E-state index contributed by atoms with van der Waals surface area (Å²) in [7, 11) is 4.17. The predicted molar refractivity (Wildman–Crippen MR) is 78.5 cm³/mol. The van der Waals surface area contributed by atoms with Crippen molar-refractivity contribution < 1.29 is 0 Å². The predicted octanol–water partition coefficient (Wildman–Crippen LogP) is 0.378. The van der Waals surface area contributed by atoms with Crippen LogP contribution in [0.15, 0.2) is 12.4 Å². The molecule has 2 rings (SSSR count). The van der Waals surface area contributed by atoms with Crippen molar-refractivity contribution in [3.8, 4) is 0 Å². The van der Waals surface area contributed by atoms with Gasteiger partial charge in [-0.1, -0.05) is 0 Å². The largest absolute Gasteiger partial charge is 0.370 e. The molecule has 1 atom stereocenters. The molecule has 1 saturated heterocycles. The van der Waals surface area contributed by atoms with Gasteiger partial charge >= 0.3 is 0 Å². The van der Waals surface area contributed by atoms with Crippen LogP contribution in [0.2, 0.25) is 0 Å². The number of nitrogens with zero attached hydrogens (tertiary/aromatic N) is 4. The van der Waals surface area contributed by atoms with Crippen molar-refractivity contribution in [3.05, 3.63) is 12.4 Å². The zero-order valence-electron chi connectivity index (χ0n) is 11.8. The normalized spacial score (nSPS) is 19.2. The summed E-state index contributed by atoms with van der Waals surface area (Å²) in [5, 5.41) is 3.34. The molecule has 6 nitrogen and oxygen atoms in total. The topological polar surface area (TPSA) is 70.3 Å². The molecule has 106 valence electrons. The molecule has 1 fully saturated rings. The van der Waals surface area contributed by atoms with Crippen LogP contribution in [0.1, 0.15) is 12.8 Å². The van der Waals surface area contributed by atoms with Gasteiger partial charge in [-0.2, -0.15) is 0 Å². The highest BCUT2D eigenvalue weighted by Crippen LogP contribution is 2.18. The third kappa shape index (κ3) is 4.33. The van der Waals surface area contributed by atoms with Gasteiger partial charge in [0.1, 0.15) is 18.0 Å². The lowest BCUT2D eigenvalue weighted by Gasteiger charge is -2.17. The van der Waals surface area contributed by atoms with E-state index in [2.05, 4.69) is 39.2 Å². The van der Waals surface area contributed by atoms with Gasteiger partial charge in [-0.25, -0.2) is 9.97 Å². The van der Waals surface area contributed by atoms with Crippen molar-refractivity contribution in [2.24, 2.45) is 5.73 Å². The first kappa shape index (κ1) is 14.0. The van der Waals surface area contributed by atoms with Crippen LogP contribution in [0, 0.1) is 0 Å². The van der Waals surface area contributed by atoms with Crippen molar-refractivity contribution >= 4 is 11.6 Å². The SMILES string of the molecule is CN(C)CCCNc1cc(N2CCC(N)C2)ncn1. The zero-order valence-corrected chi connectivity index (χ0v) is 11.8. The van der Waals surface area contributed by atoms with E-state index in [0.29, 0.717) is 0 Å². The summed E-state index contributed by atoms with van der Waals surface area (Å²) in [6.45, 7) is 3.87. The number of anilines is 2. The van der Waals surface area contributed by atoms with E-state index in [4.69, 9.17) is 5.73 Å². The van der Waals surface area contributed by atoms with Crippen molar-refractivity contribution in [3.63, 3.8) is 0 Å². The van der Waals surface area contributed by atoms with E-state index in [9.17, 15) is 0 Å². The Hall–Kier alpha value is -1.40. The van der Waals surface area contributed by atoms with Gasteiger partial charge < -0.3 is 20.9 Å². The Balaban J connectivity index is 1.85. The fraction of sp³-hybridized carbons (Fsp3) is 0.692. The molecule has 0 saturated carbocycles. The van der Waals surface area contributed by atoms with Gasteiger partial charge in [0.2, 0.25) is 0 Å². The van der Waals surface area contributed by atoms with E-state index in [1.54, 1.807) is 6.33 Å². The van der Waals surface area contributed by atoms with Crippen molar-refractivity contribution in [1.29, 1.82) is 0 Å². The highest BCUT2D eigenvalue weighted by atomic mass is 15.2. The number of hydrogen-bond acceptors (Lipinski definition) is 6. The Bertz CT molecular complexity index is 394. The molecular formula is C13H24N6. The van der Waals surface area contributed by atoms with Crippen LogP contribution < -0.4 is 16.0 Å². The van der Waals surface area contributed by atoms with Crippen molar-refractivity contribution in [2.75, 3.05) is 50.5 Å². The Morgan fingerprint density at radius 3 is 3.00 bits per heavy atom. The molecule has 0 spiro atoms. The van der Waals surface area contributed by atoms with Gasteiger partial charge in [0.15, 0.2) is 0 Å². The van der Waals surface area contributed by atoms with Crippen LogP contribution >= 0.6 is 0 Å². The van der Waals surface area contributed by atoms with Crippen LogP contribution in [-0.4, -0.2) is 61.2 Å². The van der Waals surface area contributed by atoms with E-state index in [0.717, 1.165) is 50.7 Å². The molecule has 1 aromatic rings. The highest BCUT2D eigenvalue weighted by Gasteiger charge is 2.20. The average Bonchev–Trinajstić information content (AvgIpc) is 2.82. The molecule has 3 N–H and O–H groups in total. The Morgan fingerprint density at radius 1 is 1.47 bits per heavy atom. The molecule has 6 heteroatoms. The Labute approximate surface area is 115 Å². The van der Waals surface area contributed by atoms with Crippen LogP contribution in [0.4, 0.5) is 11.6 Å². The minimum absolute atomic E-state index is 0.270. The quantitative estimate of drug-likeness (QED) is 0.724. The van der Waals surface area contributed by atoms with Crippen LogP contribution in [-0.2, 0) is 0 Å². The van der Waals surface area contributed by atoms with Gasteiger partial charge in [-0.3, -0.25) is 0 Å². The highest BCUT2D eigenvalue weighted by molar-refractivity contribution is 5.49. The summed E-state index contributed by atoms with van der Waals surface area (Å²) in [6.07, 6.45) is 3.75. The Kier molecular flexibility index (Phi) is 4.93. The number of hydrogen-bond donors (Lipinski definition) is 2. The van der Waals surface area contributed by atoms with E-state index < -0.39 is 0 Å². The van der Waals surface area contributed by atoms with Gasteiger partial charge in [-0.05, 0) is 33.5 Å². The summed E-state index contributed by atoms with van der Waals surface area (Å²) in [5.41, 5.74) is 5.92. The number of aromatic nitrogens is 2. The summed E-state index contributed by atoms with van der Waals surface area (Å²) in [5.74, 6) is 1.86. The molecule has 0 radical (unpaired) electrons. The first-order chi connectivity index (χ1) is 9.15. The standard InChI is InChI=1S/C13H24N6/c1-18(2)6-3-5-15-12-8-13(17-10-16-12)19-7-4-11(14)9-19/h8,10-11H,3-7,9,14H2,1-2H3,(H,15,16,17). The molecule has 0 amide bonds. The van der Waals surface area contributed by atoms with Gasteiger partial charge in [0.05, 0.1) is 0 Å². The molecule has 19 heavy (non-hydrogen) atoms. The van der Waals surface area contributed by atoms with Crippen molar-refractivity contribution in [2.45, 2.75) is 18.9 Å². The van der Waals surface area contributed by atoms with Crippen LogP contribution in [0.3, 0.4) is 0 Å². The minimum Gasteiger partial charge on any atom is -0.370 e. The first-order valence-electron chi connectivity index (χ1n) is 6.86. The number of rotatable bonds is 6. The molecule has 0 bridgehead atoms. The molecular weight excluding hydrogens is 240 g/mol. The third-order valence-corrected chi connectivity index (χ3v) is 3.29. The fourth-order valence-electron chi connectivity index (χ4n) is 2.22. The van der Waals surface area contributed by atoms with Gasteiger partial charge in [-0.15, -0.1) is 0 Å². The second-order valence-corrected chi connectivity index (χ2v) is 5.34. The fourth-order valence-corrected chi connectivity index (χ4v) is 2.22. The lowest BCUT2D eigenvalue weighted by atomic mass is 10.3. The van der Waals surface area contributed by atoms with Crippen molar-refractivity contribution in [1.82, 2.24) is 14.9 Å². The second-order valence-electron chi connectivity index (χ2n) is 5.34. The summed E-state index contributed by atoms with van der Waals surface area (Å²) in [6, 6.07) is 2.28. The van der Waals surface area contributed by atoms with E-state index in [-0.39, 0.29) is 6.04 Å². The lowest BCUT2D eigenvalue weighted by molar-refractivity contribution is 0.405. The zero-order chi connectivity index (χ0) is 13.7. The van der Waals surface area contributed by atoms with Gasteiger partial charge in [0.25, 0.3) is 0 Å². The maximum Gasteiger partial charge on any atom is 0.134 e. The molecule has 1 aliphatic rings. The minimum atomic E-state index is 0.270. The maximum atomic E-state index is 5.92. The molecule has 1 aliphatic heterocycles. The molecule has 0 aliphatic carbocycles. The summed E-state index contributed by atoms with van der Waals surface area (Å²) >= 11 is 0. The van der Waals surface area contributed by atoms with Gasteiger partial charge in [0, 0.05) is 31.7 Å². The smallest absolute Gasteiger partial charge is 0.134 e. The average molecular weight is 264 g/mol. The van der Waals surface area contributed by atoms with Crippen LogP contribution in [0.5, 0.6) is 0 Å². The summed E-state index contributed by atoms with van der Waals surface area (Å²) in [4.78, 5) is 13.0. The summed E-state index contributed by atoms with van der Waals surface area (Å²) < 4.78 is 0. The third-order valence-electron chi connectivity index (χ3n) is 3.29. The molecule has 2 heterocycles. The van der Waals surface area contributed by atoms with E-state index in [1.165, 1.54) is 0 Å². The van der Waals surface area contributed by atoms with E-state index >= 15 is 0 Å². The number of nitrogens with two attached hydrogens (primary N) is 1. The van der Waals surface area contributed by atoms with Crippen LogP contribution in [0.25, 0.3) is 0 Å². The molecule has 0 aromatic carbocycles. The lowest BCUT2D eigenvalue weighted by Crippen LogP contribution is -2.27. The Morgan fingerprint density at radius 2 is 2.32 bits per heavy atom. The maximum absolute atomic E-state index is 5.92. The molecule has 1 unspecified atom stereocenters. The first-order valence-corrected chi connectivity index (χ1v) is 6.86. The van der Waals surface area contributed by atoms with E-state index in [1.807, 2.05) is 6.07 Å². The monoisotopic (exact) mass is 264 g/mol.